The van der Waals surface area contributed by atoms with Gasteiger partial charge in [-0.05, 0) is 36.6 Å². The summed E-state index contributed by atoms with van der Waals surface area (Å²) in [5.41, 5.74) is 7.74. The van der Waals surface area contributed by atoms with Gasteiger partial charge in [-0.1, -0.05) is 36.2 Å². The topological polar surface area (TPSA) is 55.1 Å². The van der Waals surface area contributed by atoms with Gasteiger partial charge >= 0.3 is 0 Å². The first-order valence-corrected chi connectivity index (χ1v) is 6.57. The summed E-state index contributed by atoms with van der Waals surface area (Å²) >= 11 is 3.42. The van der Waals surface area contributed by atoms with Gasteiger partial charge in [-0.2, -0.15) is 0 Å². The van der Waals surface area contributed by atoms with Crippen LogP contribution in [0, 0.1) is 12.8 Å². The minimum absolute atomic E-state index is 0.124. The van der Waals surface area contributed by atoms with Crippen LogP contribution in [0.25, 0.3) is 0 Å². The minimum Gasteiger partial charge on any atom is -0.325 e. The Morgan fingerprint density at radius 3 is 2.71 bits per heavy atom. The van der Waals surface area contributed by atoms with Crippen molar-refractivity contribution >= 4 is 27.5 Å². The first-order chi connectivity index (χ1) is 7.95. The van der Waals surface area contributed by atoms with E-state index in [1.165, 1.54) is 0 Å². The van der Waals surface area contributed by atoms with Gasteiger partial charge in [0.25, 0.3) is 0 Å². The van der Waals surface area contributed by atoms with Crippen LogP contribution in [0.2, 0.25) is 0 Å². The van der Waals surface area contributed by atoms with Gasteiger partial charge in [0.05, 0.1) is 6.04 Å². The standard InChI is InChI=1S/C13H19BrN2O/c1-4-8(2)12(15)13(17)16-10-5-6-11(14)9(3)7-10/h5-8,12H,4,15H2,1-3H3,(H,16,17)/t8?,12-/m0/s1. The Morgan fingerprint density at radius 2 is 2.18 bits per heavy atom. The molecule has 0 aliphatic rings. The van der Waals surface area contributed by atoms with E-state index in [1.54, 1.807) is 0 Å². The third-order valence-electron chi connectivity index (χ3n) is 2.99. The number of hydrogen-bond donors (Lipinski definition) is 2. The lowest BCUT2D eigenvalue weighted by molar-refractivity contribution is -0.118. The highest BCUT2D eigenvalue weighted by Gasteiger charge is 2.19. The zero-order valence-electron chi connectivity index (χ0n) is 10.5. The monoisotopic (exact) mass is 298 g/mol. The second kappa shape index (κ2) is 6.17. The number of nitrogens with one attached hydrogen (secondary N) is 1. The Labute approximate surface area is 111 Å². The Morgan fingerprint density at radius 1 is 1.53 bits per heavy atom. The number of hydrogen-bond acceptors (Lipinski definition) is 2. The first kappa shape index (κ1) is 14.2. The quantitative estimate of drug-likeness (QED) is 0.897. The van der Waals surface area contributed by atoms with E-state index in [2.05, 4.69) is 21.2 Å². The second-order valence-corrected chi connectivity index (χ2v) is 5.22. The molecule has 0 bridgehead atoms. The van der Waals surface area contributed by atoms with E-state index in [0.717, 1.165) is 22.1 Å². The van der Waals surface area contributed by atoms with Crippen molar-refractivity contribution < 1.29 is 4.79 Å². The molecule has 0 heterocycles. The number of benzene rings is 1. The van der Waals surface area contributed by atoms with E-state index < -0.39 is 6.04 Å². The number of amides is 1. The van der Waals surface area contributed by atoms with Crippen molar-refractivity contribution in [3.63, 3.8) is 0 Å². The van der Waals surface area contributed by atoms with Gasteiger partial charge in [0, 0.05) is 10.2 Å². The molecule has 4 heteroatoms. The van der Waals surface area contributed by atoms with Crippen LogP contribution in [0.3, 0.4) is 0 Å². The SMILES string of the molecule is CCC(C)[C@H](N)C(=O)Nc1ccc(Br)c(C)c1. The number of halogens is 1. The molecule has 0 aliphatic carbocycles. The van der Waals surface area contributed by atoms with Crippen molar-refractivity contribution in [3.8, 4) is 0 Å². The fourth-order valence-electron chi connectivity index (χ4n) is 1.46. The molecule has 0 radical (unpaired) electrons. The first-order valence-electron chi connectivity index (χ1n) is 5.78. The Bertz CT molecular complexity index is 406. The molecule has 0 saturated carbocycles. The maximum atomic E-state index is 11.9. The Balaban J connectivity index is 2.71. The molecular formula is C13H19BrN2O. The molecule has 3 nitrogen and oxygen atoms in total. The van der Waals surface area contributed by atoms with Crippen LogP contribution in [0.4, 0.5) is 5.69 Å². The predicted molar refractivity (Wildman–Crippen MR) is 74.9 cm³/mol. The van der Waals surface area contributed by atoms with Crippen molar-refractivity contribution in [1.29, 1.82) is 0 Å². The summed E-state index contributed by atoms with van der Waals surface area (Å²) in [5, 5.41) is 2.84. The molecule has 1 aromatic rings. The summed E-state index contributed by atoms with van der Waals surface area (Å²) in [4.78, 5) is 11.9. The predicted octanol–water partition coefficient (Wildman–Crippen LogP) is 3.07. The molecular weight excluding hydrogens is 280 g/mol. The average Bonchev–Trinajstić information content (AvgIpc) is 2.31. The molecule has 1 unspecified atom stereocenters. The number of nitrogens with two attached hydrogens (primary N) is 1. The Hall–Kier alpha value is -0.870. The van der Waals surface area contributed by atoms with E-state index in [1.807, 2.05) is 39.0 Å². The molecule has 0 fully saturated rings. The van der Waals surface area contributed by atoms with Gasteiger partial charge in [-0.3, -0.25) is 4.79 Å². The Kier molecular flexibility index (Phi) is 5.15. The van der Waals surface area contributed by atoms with E-state index >= 15 is 0 Å². The zero-order chi connectivity index (χ0) is 13.0. The van der Waals surface area contributed by atoms with Gasteiger partial charge in [-0.15, -0.1) is 0 Å². The van der Waals surface area contributed by atoms with Gasteiger partial charge in [0.1, 0.15) is 0 Å². The van der Waals surface area contributed by atoms with Crippen molar-refractivity contribution in [2.45, 2.75) is 33.2 Å². The summed E-state index contributed by atoms with van der Waals surface area (Å²) in [7, 11) is 0. The highest BCUT2D eigenvalue weighted by Crippen LogP contribution is 2.20. The molecule has 3 N–H and O–H groups in total. The van der Waals surface area contributed by atoms with Gasteiger partial charge in [-0.25, -0.2) is 0 Å². The molecule has 94 valence electrons. The van der Waals surface area contributed by atoms with Crippen molar-refractivity contribution in [1.82, 2.24) is 0 Å². The maximum absolute atomic E-state index is 11.9. The second-order valence-electron chi connectivity index (χ2n) is 4.36. The van der Waals surface area contributed by atoms with Gasteiger partial charge < -0.3 is 11.1 Å². The van der Waals surface area contributed by atoms with E-state index in [4.69, 9.17) is 5.73 Å². The smallest absolute Gasteiger partial charge is 0.241 e. The number of carbonyl (C=O) groups is 1. The van der Waals surface area contributed by atoms with Crippen LogP contribution >= 0.6 is 15.9 Å². The molecule has 0 aliphatic heterocycles. The van der Waals surface area contributed by atoms with Crippen LogP contribution in [0.1, 0.15) is 25.8 Å². The number of rotatable bonds is 4. The molecule has 0 saturated heterocycles. The normalized spacial score (nSPS) is 14.2. The van der Waals surface area contributed by atoms with Gasteiger partial charge in [0.15, 0.2) is 0 Å². The highest BCUT2D eigenvalue weighted by atomic mass is 79.9. The summed E-state index contributed by atoms with van der Waals surface area (Å²) in [6, 6.07) is 5.24. The number of aryl methyl sites for hydroxylation is 1. The highest BCUT2D eigenvalue weighted by molar-refractivity contribution is 9.10. The summed E-state index contributed by atoms with van der Waals surface area (Å²) in [6.45, 7) is 5.99. The van der Waals surface area contributed by atoms with Gasteiger partial charge in [0.2, 0.25) is 5.91 Å². The fourth-order valence-corrected chi connectivity index (χ4v) is 1.71. The largest absolute Gasteiger partial charge is 0.325 e. The van der Waals surface area contributed by atoms with Crippen LogP contribution in [0.15, 0.2) is 22.7 Å². The molecule has 17 heavy (non-hydrogen) atoms. The number of anilines is 1. The van der Waals surface area contributed by atoms with Crippen LogP contribution in [-0.2, 0) is 4.79 Å². The summed E-state index contributed by atoms with van der Waals surface area (Å²) in [5.74, 6) is 0.0626. The fraction of sp³-hybridized carbons (Fsp3) is 0.462. The molecule has 0 aromatic heterocycles. The zero-order valence-corrected chi connectivity index (χ0v) is 12.0. The van der Waals surface area contributed by atoms with E-state index in [0.29, 0.717) is 0 Å². The van der Waals surface area contributed by atoms with Crippen LogP contribution in [-0.4, -0.2) is 11.9 Å². The van der Waals surface area contributed by atoms with Crippen molar-refractivity contribution in [2.24, 2.45) is 11.7 Å². The van der Waals surface area contributed by atoms with Crippen LogP contribution in [0.5, 0.6) is 0 Å². The van der Waals surface area contributed by atoms with Crippen molar-refractivity contribution in [3.05, 3.63) is 28.2 Å². The van der Waals surface area contributed by atoms with E-state index in [9.17, 15) is 4.79 Å². The minimum atomic E-state index is -0.455. The maximum Gasteiger partial charge on any atom is 0.241 e. The lowest BCUT2D eigenvalue weighted by Crippen LogP contribution is -2.40. The molecule has 0 spiro atoms. The molecule has 1 rings (SSSR count). The molecule has 1 amide bonds. The third-order valence-corrected chi connectivity index (χ3v) is 3.87. The van der Waals surface area contributed by atoms with E-state index in [-0.39, 0.29) is 11.8 Å². The lowest BCUT2D eigenvalue weighted by Gasteiger charge is -2.18. The third kappa shape index (κ3) is 3.82. The van der Waals surface area contributed by atoms with Crippen molar-refractivity contribution in [2.75, 3.05) is 5.32 Å². The lowest BCUT2D eigenvalue weighted by atomic mass is 9.99. The molecule has 1 aromatic carbocycles. The summed E-state index contributed by atoms with van der Waals surface area (Å²) < 4.78 is 1.03. The number of carbonyl (C=O) groups excluding carboxylic acids is 1. The summed E-state index contributed by atoms with van der Waals surface area (Å²) in [6.07, 6.45) is 0.897. The molecule has 2 atom stereocenters. The average molecular weight is 299 g/mol. The van der Waals surface area contributed by atoms with Crippen LogP contribution < -0.4 is 11.1 Å².